The summed E-state index contributed by atoms with van der Waals surface area (Å²) in [5.41, 5.74) is 8.45. The number of benzene rings is 2. The predicted octanol–water partition coefficient (Wildman–Crippen LogP) is 3.27. The summed E-state index contributed by atoms with van der Waals surface area (Å²) in [5, 5.41) is 7.95. The van der Waals surface area contributed by atoms with Crippen LogP contribution >= 0.6 is 11.8 Å². The molecule has 8 nitrogen and oxygen atoms in total. The molecule has 1 atom stereocenters. The van der Waals surface area contributed by atoms with Crippen LogP contribution in [-0.2, 0) is 11.8 Å². The molecule has 2 aliphatic heterocycles. The maximum atomic E-state index is 13.1. The Morgan fingerprint density at radius 1 is 1.16 bits per heavy atom. The average molecular weight is 447 g/mol. The molecule has 5 rings (SSSR count). The summed E-state index contributed by atoms with van der Waals surface area (Å²) < 4.78 is 3.41. The molecule has 2 N–H and O–H groups in total. The predicted molar refractivity (Wildman–Crippen MR) is 128 cm³/mol. The number of fused-ring (bicyclic) bond motifs is 1. The number of hydrogen-bond acceptors (Lipinski definition) is 5. The number of hydrazone groups is 1. The Balaban J connectivity index is 1.42. The molecule has 1 amide bonds. The molecule has 3 aromatic rings. The van der Waals surface area contributed by atoms with Crippen LogP contribution in [0.5, 0.6) is 0 Å². The van der Waals surface area contributed by atoms with E-state index in [1.165, 1.54) is 11.8 Å². The number of nitrogens with zero attached hydrogens (tertiary/aromatic N) is 4. The summed E-state index contributed by atoms with van der Waals surface area (Å²) in [5.74, 6) is 0.461. The SMILES string of the molecule is Cc1c(N=C2NN=C(c3ccc4c(c3)[C@@H](C)C(=O)N4)CS2)c(=O)n(-c2ccccc2)n1C. The van der Waals surface area contributed by atoms with Crippen LogP contribution in [0.15, 0.2) is 63.4 Å². The molecule has 9 heteroatoms. The number of amidine groups is 1. The van der Waals surface area contributed by atoms with Crippen LogP contribution in [0.2, 0.25) is 0 Å². The van der Waals surface area contributed by atoms with Crippen LogP contribution in [-0.4, -0.2) is 31.9 Å². The van der Waals surface area contributed by atoms with Crippen molar-refractivity contribution in [1.29, 1.82) is 0 Å². The normalized spacial score (nSPS) is 18.8. The zero-order chi connectivity index (χ0) is 22.4. The van der Waals surface area contributed by atoms with Crippen molar-refractivity contribution >= 4 is 39.9 Å². The van der Waals surface area contributed by atoms with Crippen molar-refractivity contribution in [3.05, 3.63) is 75.7 Å². The minimum absolute atomic E-state index is 0.0176. The topological polar surface area (TPSA) is 92.8 Å². The first kappa shape index (κ1) is 20.3. The van der Waals surface area contributed by atoms with Crippen molar-refractivity contribution in [1.82, 2.24) is 14.8 Å². The molecule has 0 bridgehead atoms. The van der Waals surface area contributed by atoms with Crippen LogP contribution < -0.4 is 16.3 Å². The third-order valence-electron chi connectivity index (χ3n) is 5.87. The number of rotatable bonds is 3. The van der Waals surface area contributed by atoms with Gasteiger partial charge >= 0.3 is 0 Å². The summed E-state index contributed by atoms with van der Waals surface area (Å²) in [6, 6.07) is 15.4. The molecular weight excluding hydrogens is 424 g/mol. The second-order valence-electron chi connectivity index (χ2n) is 7.80. The van der Waals surface area contributed by atoms with Crippen LogP contribution in [0.1, 0.15) is 29.7 Å². The van der Waals surface area contributed by atoms with E-state index in [0.717, 1.165) is 33.9 Å². The number of thioether (sulfide) groups is 1. The Morgan fingerprint density at radius 2 is 1.94 bits per heavy atom. The molecule has 0 aliphatic carbocycles. The molecule has 0 fully saturated rings. The van der Waals surface area contributed by atoms with Gasteiger partial charge in [0.15, 0.2) is 10.9 Å². The van der Waals surface area contributed by atoms with Gasteiger partial charge in [0.1, 0.15) is 0 Å². The zero-order valence-electron chi connectivity index (χ0n) is 17.9. The van der Waals surface area contributed by atoms with Gasteiger partial charge in [0.25, 0.3) is 5.56 Å². The van der Waals surface area contributed by atoms with E-state index in [-0.39, 0.29) is 17.4 Å². The molecule has 2 aliphatic rings. The molecule has 0 saturated heterocycles. The second kappa shape index (κ2) is 7.83. The second-order valence-corrected chi connectivity index (χ2v) is 8.76. The van der Waals surface area contributed by atoms with Crippen molar-refractivity contribution in [2.24, 2.45) is 17.1 Å². The molecule has 0 unspecified atom stereocenters. The highest BCUT2D eigenvalue weighted by atomic mass is 32.2. The van der Waals surface area contributed by atoms with Gasteiger partial charge in [-0.05, 0) is 49.2 Å². The van der Waals surface area contributed by atoms with Gasteiger partial charge in [0.2, 0.25) is 5.91 Å². The van der Waals surface area contributed by atoms with Crippen LogP contribution in [0.3, 0.4) is 0 Å². The number of hydrogen-bond donors (Lipinski definition) is 2. The van der Waals surface area contributed by atoms with Crippen LogP contribution in [0, 0.1) is 6.92 Å². The maximum Gasteiger partial charge on any atom is 0.297 e. The lowest BCUT2D eigenvalue weighted by molar-refractivity contribution is -0.116. The number of anilines is 1. The molecule has 2 aromatic carbocycles. The van der Waals surface area contributed by atoms with Crippen molar-refractivity contribution in [2.75, 3.05) is 11.1 Å². The quantitative estimate of drug-likeness (QED) is 0.646. The van der Waals surface area contributed by atoms with Crippen LogP contribution in [0.4, 0.5) is 11.4 Å². The van der Waals surface area contributed by atoms with E-state index in [9.17, 15) is 9.59 Å². The van der Waals surface area contributed by atoms with E-state index >= 15 is 0 Å². The van der Waals surface area contributed by atoms with Crippen molar-refractivity contribution in [3.63, 3.8) is 0 Å². The lowest BCUT2D eigenvalue weighted by atomic mass is 9.99. The summed E-state index contributed by atoms with van der Waals surface area (Å²) in [6.07, 6.45) is 0. The molecule has 162 valence electrons. The van der Waals surface area contributed by atoms with Gasteiger partial charge in [-0.15, -0.1) is 0 Å². The van der Waals surface area contributed by atoms with Crippen LogP contribution in [0.25, 0.3) is 5.69 Å². The zero-order valence-corrected chi connectivity index (χ0v) is 18.7. The van der Waals surface area contributed by atoms with Gasteiger partial charge < -0.3 is 5.32 Å². The first-order chi connectivity index (χ1) is 15.4. The number of aliphatic imine (C=N–C) groups is 1. The summed E-state index contributed by atoms with van der Waals surface area (Å²) in [6.45, 7) is 3.78. The lowest BCUT2D eigenvalue weighted by Gasteiger charge is -2.15. The van der Waals surface area contributed by atoms with E-state index in [0.29, 0.717) is 16.6 Å². The molecule has 0 saturated carbocycles. The minimum atomic E-state index is -0.175. The minimum Gasteiger partial charge on any atom is -0.325 e. The van der Waals surface area contributed by atoms with Crippen molar-refractivity contribution in [2.45, 2.75) is 19.8 Å². The van der Waals surface area contributed by atoms with E-state index in [1.807, 2.05) is 69.4 Å². The van der Waals surface area contributed by atoms with Gasteiger partial charge in [-0.1, -0.05) is 36.0 Å². The molecular formula is C23H22N6O2S. The van der Waals surface area contributed by atoms with E-state index in [2.05, 4.69) is 20.8 Å². The average Bonchev–Trinajstić information content (AvgIpc) is 3.21. The monoisotopic (exact) mass is 446 g/mol. The highest BCUT2D eigenvalue weighted by Crippen LogP contribution is 2.33. The fraction of sp³-hybridized carbons (Fsp3) is 0.217. The Morgan fingerprint density at radius 3 is 2.66 bits per heavy atom. The van der Waals surface area contributed by atoms with E-state index in [1.54, 1.807) is 9.36 Å². The van der Waals surface area contributed by atoms with Gasteiger partial charge in [-0.25, -0.2) is 9.67 Å². The first-order valence-electron chi connectivity index (χ1n) is 10.3. The van der Waals surface area contributed by atoms with Crippen molar-refractivity contribution < 1.29 is 4.79 Å². The molecule has 3 heterocycles. The fourth-order valence-corrected chi connectivity index (χ4v) is 4.67. The summed E-state index contributed by atoms with van der Waals surface area (Å²) in [4.78, 5) is 29.6. The molecule has 0 spiro atoms. The number of carbonyl (C=O) groups excluding carboxylic acids is 1. The Bertz CT molecular complexity index is 1350. The van der Waals surface area contributed by atoms with E-state index < -0.39 is 0 Å². The van der Waals surface area contributed by atoms with Gasteiger partial charge in [-0.3, -0.25) is 19.7 Å². The number of nitrogens with one attached hydrogen (secondary N) is 2. The fourth-order valence-electron chi connectivity index (χ4n) is 3.90. The molecule has 1 aromatic heterocycles. The van der Waals surface area contributed by atoms with Gasteiger partial charge in [-0.2, -0.15) is 5.10 Å². The standard InChI is InChI=1S/C23H22N6O2S/c1-13-17-11-15(9-10-18(17)24-21(13)30)19-12-32-23(27-26-19)25-20-14(2)28(3)29(22(20)31)16-7-5-4-6-8-16/h4-11,13H,12H2,1-3H3,(H,24,30)(H,25,27)/t13-/m1/s1. The first-order valence-corrected chi connectivity index (χ1v) is 11.3. The highest BCUT2D eigenvalue weighted by Gasteiger charge is 2.27. The van der Waals surface area contributed by atoms with Crippen molar-refractivity contribution in [3.8, 4) is 5.69 Å². The smallest absolute Gasteiger partial charge is 0.297 e. The number of amides is 1. The Kier molecular flexibility index (Phi) is 4.97. The Labute approximate surface area is 189 Å². The molecule has 32 heavy (non-hydrogen) atoms. The van der Waals surface area contributed by atoms with Gasteiger partial charge in [0.05, 0.1) is 23.0 Å². The Hall–Kier alpha value is -3.59. The largest absolute Gasteiger partial charge is 0.325 e. The highest BCUT2D eigenvalue weighted by molar-refractivity contribution is 8.14. The number of aromatic nitrogens is 2. The summed E-state index contributed by atoms with van der Waals surface area (Å²) >= 11 is 1.49. The molecule has 0 radical (unpaired) electrons. The number of carbonyl (C=O) groups is 1. The van der Waals surface area contributed by atoms with E-state index in [4.69, 9.17) is 0 Å². The van der Waals surface area contributed by atoms with Gasteiger partial charge in [0, 0.05) is 18.5 Å². The third-order valence-corrected chi connectivity index (χ3v) is 6.75. The third kappa shape index (κ3) is 3.34. The lowest BCUT2D eigenvalue weighted by Crippen LogP contribution is -2.25. The number of para-hydroxylation sites is 1. The summed E-state index contributed by atoms with van der Waals surface area (Å²) in [7, 11) is 1.85. The maximum absolute atomic E-state index is 13.1.